The molecule has 0 fully saturated rings. The minimum atomic E-state index is -0.593. The van der Waals surface area contributed by atoms with Gasteiger partial charge in [-0.2, -0.15) is 0 Å². The van der Waals surface area contributed by atoms with Crippen molar-refractivity contribution in [1.82, 2.24) is 5.32 Å². The first-order valence-electron chi connectivity index (χ1n) is 5.57. The average Bonchev–Trinajstić information content (AvgIpc) is 2.78. The van der Waals surface area contributed by atoms with Crippen LogP contribution in [-0.2, 0) is 9.53 Å². The molecule has 0 aromatic carbocycles. The standard InChI is InChI=1S/C12H17NO3S/c1-4-16-12(15)10(8(2)3)13-11(14)9-6-5-7-17-9/h5-8,10H,4H2,1-3H3,(H,13,14)/t10-/m0/s1. The van der Waals surface area contributed by atoms with Crippen molar-refractivity contribution < 1.29 is 14.3 Å². The Morgan fingerprint density at radius 3 is 2.65 bits per heavy atom. The molecule has 0 radical (unpaired) electrons. The predicted octanol–water partition coefficient (Wildman–Crippen LogP) is 2.07. The summed E-state index contributed by atoms with van der Waals surface area (Å²) in [6, 6.07) is 2.93. The van der Waals surface area contributed by atoms with Crippen LogP contribution in [0.3, 0.4) is 0 Å². The van der Waals surface area contributed by atoms with Gasteiger partial charge in [-0.1, -0.05) is 19.9 Å². The zero-order chi connectivity index (χ0) is 12.8. The van der Waals surface area contributed by atoms with Crippen molar-refractivity contribution in [3.8, 4) is 0 Å². The first-order valence-corrected chi connectivity index (χ1v) is 6.45. The lowest BCUT2D eigenvalue weighted by Gasteiger charge is -2.20. The molecule has 1 aromatic heterocycles. The van der Waals surface area contributed by atoms with Crippen molar-refractivity contribution in [2.24, 2.45) is 5.92 Å². The third-order valence-corrected chi connectivity index (χ3v) is 3.11. The molecule has 0 aliphatic rings. The maximum absolute atomic E-state index is 11.8. The average molecular weight is 255 g/mol. The van der Waals surface area contributed by atoms with Gasteiger partial charge in [0.15, 0.2) is 0 Å². The molecule has 0 bridgehead atoms. The van der Waals surface area contributed by atoms with Gasteiger partial charge in [0.2, 0.25) is 0 Å². The fourth-order valence-corrected chi connectivity index (χ4v) is 1.98. The van der Waals surface area contributed by atoms with Crippen LogP contribution in [0.25, 0.3) is 0 Å². The molecular formula is C12H17NO3S. The second-order valence-corrected chi connectivity index (χ2v) is 4.87. The summed E-state index contributed by atoms with van der Waals surface area (Å²) in [4.78, 5) is 24.1. The summed E-state index contributed by atoms with van der Waals surface area (Å²) in [6.45, 7) is 5.81. The zero-order valence-electron chi connectivity index (χ0n) is 10.2. The molecule has 0 saturated carbocycles. The largest absolute Gasteiger partial charge is 0.464 e. The van der Waals surface area contributed by atoms with E-state index in [2.05, 4.69) is 5.32 Å². The highest BCUT2D eigenvalue weighted by molar-refractivity contribution is 7.12. The molecule has 94 valence electrons. The van der Waals surface area contributed by atoms with Gasteiger partial charge in [0.25, 0.3) is 5.91 Å². The number of amides is 1. The molecule has 5 heteroatoms. The summed E-state index contributed by atoms with van der Waals surface area (Å²) in [7, 11) is 0. The molecule has 1 N–H and O–H groups in total. The summed E-state index contributed by atoms with van der Waals surface area (Å²) >= 11 is 1.35. The zero-order valence-corrected chi connectivity index (χ0v) is 11.0. The van der Waals surface area contributed by atoms with E-state index >= 15 is 0 Å². The minimum Gasteiger partial charge on any atom is -0.464 e. The monoisotopic (exact) mass is 255 g/mol. The summed E-state index contributed by atoms with van der Waals surface area (Å²) in [5, 5.41) is 4.52. The summed E-state index contributed by atoms with van der Waals surface area (Å²) in [6.07, 6.45) is 0. The number of hydrogen-bond acceptors (Lipinski definition) is 4. The Bertz CT molecular complexity index is 373. The van der Waals surface area contributed by atoms with Crippen molar-refractivity contribution >= 4 is 23.2 Å². The van der Waals surface area contributed by atoms with Crippen LogP contribution in [0, 0.1) is 5.92 Å². The van der Waals surface area contributed by atoms with Gasteiger partial charge in [0.1, 0.15) is 6.04 Å². The van der Waals surface area contributed by atoms with Crippen LogP contribution < -0.4 is 5.32 Å². The number of ether oxygens (including phenoxy) is 1. The van der Waals surface area contributed by atoms with Crippen molar-refractivity contribution in [2.45, 2.75) is 26.8 Å². The highest BCUT2D eigenvalue weighted by Crippen LogP contribution is 2.10. The van der Waals surface area contributed by atoms with Crippen LogP contribution in [0.2, 0.25) is 0 Å². The number of esters is 1. The van der Waals surface area contributed by atoms with Crippen molar-refractivity contribution in [3.05, 3.63) is 22.4 Å². The smallest absolute Gasteiger partial charge is 0.328 e. The first-order chi connectivity index (χ1) is 8.06. The minimum absolute atomic E-state index is 0.00189. The quantitative estimate of drug-likeness (QED) is 0.819. The Morgan fingerprint density at radius 1 is 1.47 bits per heavy atom. The number of rotatable bonds is 5. The molecule has 0 unspecified atom stereocenters. The molecule has 0 spiro atoms. The Balaban J connectivity index is 2.67. The van der Waals surface area contributed by atoms with E-state index in [1.165, 1.54) is 11.3 Å². The molecule has 1 rings (SSSR count). The van der Waals surface area contributed by atoms with Crippen LogP contribution in [0.1, 0.15) is 30.4 Å². The van der Waals surface area contributed by atoms with E-state index in [1.54, 1.807) is 19.1 Å². The Labute approximate surface area is 105 Å². The lowest BCUT2D eigenvalue weighted by Crippen LogP contribution is -2.45. The number of thiophene rings is 1. The van der Waals surface area contributed by atoms with Gasteiger partial charge in [-0.3, -0.25) is 4.79 Å². The normalized spacial score (nSPS) is 12.2. The maximum atomic E-state index is 11.8. The second-order valence-electron chi connectivity index (χ2n) is 3.92. The Hall–Kier alpha value is -1.36. The SMILES string of the molecule is CCOC(=O)[C@@H](NC(=O)c1cccs1)C(C)C. The lowest BCUT2D eigenvalue weighted by molar-refractivity contribution is -0.146. The predicted molar refractivity (Wildman–Crippen MR) is 67.0 cm³/mol. The van der Waals surface area contributed by atoms with Gasteiger partial charge in [-0.15, -0.1) is 11.3 Å². The molecular weight excluding hydrogens is 238 g/mol. The van der Waals surface area contributed by atoms with E-state index < -0.39 is 6.04 Å². The topological polar surface area (TPSA) is 55.4 Å². The number of nitrogens with one attached hydrogen (secondary N) is 1. The fraction of sp³-hybridized carbons (Fsp3) is 0.500. The van der Waals surface area contributed by atoms with E-state index in [0.717, 1.165) is 0 Å². The van der Waals surface area contributed by atoms with Gasteiger partial charge in [0, 0.05) is 0 Å². The van der Waals surface area contributed by atoms with Gasteiger partial charge >= 0.3 is 5.97 Å². The Kier molecular flexibility index (Phi) is 5.15. The van der Waals surface area contributed by atoms with Crippen LogP contribution in [0.5, 0.6) is 0 Å². The summed E-state index contributed by atoms with van der Waals surface area (Å²) in [5.74, 6) is -0.614. The molecule has 0 aliphatic heterocycles. The number of hydrogen-bond donors (Lipinski definition) is 1. The number of carbonyl (C=O) groups excluding carboxylic acids is 2. The van der Waals surface area contributed by atoms with Crippen LogP contribution in [-0.4, -0.2) is 24.5 Å². The third-order valence-electron chi connectivity index (χ3n) is 2.24. The fourth-order valence-electron chi connectivity index (χ4n) is 1.35. The number of carbonyl (C=O) groups is 2. The van der Waals surface area contributed by atoms with Crippen LogP contribution in [0.4, 0.5) is 0 Å². The summed E-state index contributed by atoms with van der Waals surface area (Å²) < 4.78 is 4.93. The highest BCUT2D eigenvalue weighted by Gasteiger charge is 2.25. The van der Waals surface area contributed by atoms with Crippen molar-refractivity contribution in [1.29, 1.82) is 0 Å². The van der Waals surface area contributed by atoms with Gasteiger partial charge < -0.3 is 10.1 Å². The van der Waals surface area contributed by atoms with Crippen molar-refractivity contribution in [3.63, 3.8) is 0 Å². The molecule has 1 heterocycles. The van der Waals surface area contributed by atoms with Crippen LogP contribution >= 0.6 is 11.3 Å². The van der Waals surface area contributed by atoms with E-state index in [9.17, 15) is 9.59 Å². The Morgan fingerprint density at radius 2 is 2.18 bits per heavy atom. The molecule has 1 aromatic rings. The van der Waals surface area contributed by atoms with E-state index in [4.69, 9.17) is 4.74 Å². The van der Waals surface area contributed by atoms with Gasteiger partial charge in [-0.05, 0) is 24.3 Å². The van der Waals surface area contributed by atoms with E-state index in [-0.39, 0.29) is 17.8 Å². The third kappa shape index (κ3) is 3.85. The highest BCUT2D eigenvalue weighted by atomic mass is 32.1. The molecule has 0 aliphatic carbocycles. The molecule has 1 amide bonds. The molecule has 17 heavy (non-hydrogen) atoms. The molecule has 0 saturated heterocycles. The maximum Gasteiger partial charge on any atom is 0.328 e. The molecule has 1 atom stereocenters. The van der Waals surface area contributed by atoms with Crippen molar-refractivity contribution in [2.75, 3.05) is 6.61 Å². The lowest BCUT2D eigenvalue weighted by atomic mass is 10.0. The van der Waals surface area contributed by atoms with Gasteiger partial charge in [0.05, 0.1) is 11.5 Å². The molecule has 4 nitrogen and oxygen atoms in total. The first kappa shape index (κ1) is 13.7. The van der Waals surface area contributed by atoms with E-state index in [0.29, 0.717) is 11.5 Å². The van der Waals surface area contributed by atoms with E-state index in [1.807, 2.05) is 19.2 Å². The second kappa shape index (κ2) is 6.39. The van der Waals surface area contributed by atoms with Crippen LogP contribution in [0.15, 0.2) is 17.5 Å². The van der Waals surface area contributed by atoms with Gasteiger partial charge in [-0.25, -0.2) is 4.79 Å². The summed E-state index contributed by atoms with van der Waals surface area (Å²) in [5.41, 5.74) is 0.